The van der Waals surface area contributed by atoms with Gasteiger partial charge in [-0.2, -0.15) is 0 Å². The first-order valence-corrected chi connectivity index (χ1v) is 14.4. The highest BCUT2D eigenvalue weighted by Crippen LogP contribution is 2.58. The van der Waals surface area contributed by atoms with E-state index in [1.165, 1.54) is 7.11 Å². The third kappa shape index (κ3) is 4.44. The lowest BCUT2D eigenvalue weighted by atomic mass is 9.72. The van der Waals surface area contributed by atoms with Gasteiger partial charge in [-0.05, 0) is 48.6 Å². The Hall–Kier alpha value is -4.09. The van der Waals surface area contributed by atoms with Crippen molar-refractivity contribution in [2.24, 2.45) is 5.92 Å². The average Bonchev–Trinajstić information content (AvgIpc) is 3.77. The Labute approximate surface area is 254 Å². The van der Waals surface area contributed by atoms with Gasteiger partial charge in [0.1, 0.15) is 23.2 Å². The quantitative estimate of drug-likeness (QED) is 0.329. The summed E-state index contributed by atoms with van der Waals surface area (Å²) in [5.41, 5.74) is 2.28. The summed E-state index contributed by atoms with van der Waals surface area (Å²) in [6.07, 6.45) is 1.26. The topological polar surface area (TPSA) is 144 Å². The Balaban J connectivity index is 0.00000329. The molecule has 3 aromatic rings. The van der Waals surface area contributed by atoms with E-state index in [1.807, 2.05) is 56.3 Å². The third-order valence-corrected chi connectivity index (χ3v) is 8.81. The first kappa shape index (κ1) is 29.0. The molecular formula is C31H34ClN5O6. The van der Waals surface area contributed by atoms with Crippen LogP contribution in [-0.2, 0) is 26.2 Å². The summed E-state index contributed by atoms with van der Waals surface area (Å²) in [7, 11) is 1.30. The SMILES string of the molecule is COC(=O)c1nc2oc1C13c4ccccc4N[C@H]1Oc1ccc(cc13)C[C@H](NC(=O)[C@@H]1CCCN1)C(=O)NC2C(C)C.Cl. The highest BCUT2D eigenvalue weighted by molar-refractivity contribution is 5.92. The molecule has 2 aromatic carbocycles. The Morgan fingerprint density at radius 2 is 1.95 bits per heavy atom. The summed E-state index contributed by atoms with van der Waals surface area (Å²) in [6.45, 7) is 4.63. The number of carbonyl (C=O) groups excluding carboxylic acids is 3. The minimum Gasteiger partial charge on any atom is -0.469 e. The van der Waals surface area contributed by atoms with E-state index in [-0.39, 0.29) is 54.2 Å². The number of aromatic nitrogens is 1. The van der Waals surface area contributed by atoms with Gasteiger partial charge in [0.2, 0.25) is 17.7 Å². The van der Waals surface area contributed by atoms with Crippen molar-refractivity contribution in [3.63, 3.8) is 0 Å². The number of methoxy groups -OCH3 is 1. The minimum atomic E-state index is -1.06. The lowest BCUT2D eigenvalue weighted by Crippen LogP contribution is -2.53. The second kappa shape index (κ2) is 10.9. The molecule has 0 radical (unpaired) electrons. The molecule has 7 rings (SSSR count). The summed E-state index contributed by atoms with van der Waals surface area (Å²) < 4.78 is 18.2. The van der Waals surface area contributed by atoms with Crippen LogP contribution < -0.4 is 26.0 Å². The van der Waals surface area contributed by atoms with E-state index in [9.17, 15) is 14.4 Å². The first-order valence-electron chi connectivity index (χ1n) is 14.4. The lowest BCUT2D eigenvalue weighted by molar-refractivity contribution is -0.130. The molecule has 4 N–H and O–H groups in total. The van der Waals surface area contributed by atoms with Crippen LogP contribution in [0.4, 0.5) is 5.69 Å². The van der Waals surface area contributed by atoms with Crippen LogP contribution in [0.25, 0.3) is 0 Å². The number of hydrogen-bond donors (Lipinski definition) is 4. The molecule has 1 spiro atoms. The van der Waals surface area contributed by atoms with E-state index in [2.05, 4.69) is 26.3 Å². The number of esters is 1. The van der Waals surface area contributed by atoms with Crippen LogP contribution in [0.3, 0.4) is 0 Å². The predicted molar refractivity (Wildman–Crippen MR) is 158 cm³/mol. The number of amides is 2. The lowest BCUT2D eigenvalue weighted by Gasteiger charge is -2.29. The number of para-hydroxylation sites is 1. The molecule has 0 saturated carbocycles. The summed E-state index contributed by atoms with van der Waals surface area (Å²) in [4.78, 5) is 44.9. The molecule has 1 aromatic heterocycles. The van der Waals surface area contributed by atoms with E-state index < -0.39 is 29.7 Å². The van der Waals surface area contributed by atoms with Crippen molar-refractivity contribution < 1.29 is 28.3 Å². The van der Waals surface area contributed by atoms with Crippen molar-refractivity contribution in [3.05, 3.63) is 76.5 Å². The number of anilines is 1. The number of benzene rings is 2. The van der Waals surface area contributed by atoms with Gasteiger partial charge in [-0.3, -0.25) is 9.59 Å². The van der Waals surface area contributed by atoms with Gasteiger partial charge in [0.05, 0.1) is 13.2 Å². The first-order chi connectivity index (χ1) is 20.3. The molecule has 4 bridgehead atoms. The van der Waals surface area contributed by atoms with Gasteiger partial charge < -0.3 is 35.2 Å². The van der Waals surface area contributed by atoms with E-state index >= 15 is 0 Å². The summed E-state index contributed by atoms with van der Waals surface area (Å²) in [5.74, 6) is -0.284. The van der Waals surface area contributed by atoms with Crippen molar-refractivity contribution in [1.29, 1.82) is 0 Å². The zero-order chi connectivity index (χ0) is 29.2. The highest BCUT2D eigenvalue weighted by atomic mass is 35.5. The van der Waals surface area contributed by atoms with Crippen LogP contribution in [0.2, 0.25) is 0 Å². The number of ether oxygens (including phenoxy) is 2. The van der Waals surface area contributed by atoms with Crippen LogP contribution in [0.5, 0.6) is 5.75 Å². The molecule has 0 aliphatic carbocycles. The monoisotopic (exact) mass is 607 g/mol. The Morgan fingerprint density at radius 1 is 1.14 bits per heavy atom. The van der Waals surface area contributed by atoms with Gasteiger partial charge in [-0.25, -0.2) is 9.78 Å². The molecule has 5 heterocycles. The number of nitrogens with zero attached hydrogens (tertiary/aromatic N) is 1. The predicted octanol–water partition coefficient (Wildman–Crippen LogP) is 2.97. The maximum atomic E-state index is 13.8. The van der Waals surface area contributed by atoms with Crippen LogP contribution in [-0.4, -0.2) is 54.7 Å². The number of nitrogens with one attached hydrogen (secondary N) is 4. The zero-order valence-electron chi connectivity index (χ0n) is 24.1. The Kier molecular flexibility index (Phi) is 7.34. The Bertz CT molecular complexity index is 1600. The van der Waals surface area contributed by atoms with E-state index in [0.717, 1.165) is 41.8 Å². The molecule has 2 amide bonds. The van der Waals surface area contributed by atoms with Crippen LogP contribution in [0.1, 0.15) is 71.6 Å². The number of carbonyl (C=O) groups is 3. The molecule has 4 aliphatic rings. The van der Waals surface area contributed by atoms with E-state index in [0.29, 0.717) is 11.5 Å². The fourth-order valence-electron chi connectivity index (χ4n) is 6.72. The standard InChI is InChI=1S/C31H33N5O6.ClH/c1-15(2)23-28-36-24(29(39)40-3)25(42-28)31-17-7-4-5-8-19(17)34-30(31)41-22-11-10-16(13-18(22)31)14-21(27(38)35-23)33-26(37)20-9-6-12-32-20;/h4-5,7-8,10-11,13,15,20-21,23,30,32,34H,6,9,12,14H2,1-3H3,(H,33,37)(H,35,38);1H/t20-,21-,23?,30-,31?;/m0./s1. The minimum absolute atomic E-state index is 0. The van der Waals surface area contributed by atoms with Gasteiger partial charge in [0.15, 0.2) is 17.7 Å². The smallest absolute Gasteiger partial charge is 0.360 e. The van der Waals surface area contributed by atoms with E-state index in [1.54, 1.807) is 0 Å². The van der Waals surface area contributed by atoms with Gasteiger partial charge >= 0.3 is 5.97 Å². The molecule has 5 atom stereocenters. The highest BCUT2D eigenvalue weighted by Gasteiger charge is 2.61. The molecule has 226 valence electrons. The van der Waals surface area contributed by atoms with Crippen LogP contribution in [0.15, 0.2) is 46.9 Å². The maximum absolute atomic E-state index is 13.8. The van der Waals surface area contributed by atoms with Crippen molar-refractivity contribution in [3.8, 4) is 5.75 Å². The number of oxazole rings is 1. The number of fused-ring (bicyclic) bond motifs is 4. The molecule has 1 fully saturated rings. The van der Waals surface area contributed by atoms with Gasteiger partial charge in [-0.15, -0.1) is 12.4 Å². The Morgan fingerprint density at radius 3 is 2.70 bits per heavy atom. The fourth-order valence-corrected chi connectivity index (χ4v) is 6.72. The number of halogens is 1. The third-order valence-electron chi connectivity index (χ3n) is 8.81. The molecule has 1 saturated heterocycles. The summed E-state index contributed by atoms with van der Waals surface area (Å²) in [6, 6.07) is 11.7. The second-order valence-electron chi connectivity index (χ2n) is 11.7. The van der Waals surface area contributed by atoms with Crippen molar-refractivity contribution in [2.45, 2.75) is 62.9 Å². The van der Waals surface area contributed by atoms with Crippen LogP contribution >= 0.6 is 12.4 Å². The van der Waals surface area contributed by atoms with Crippen molar-refractivity contribution >= 4 is 35.9 Å². The molecule has 11 nitrogen and oxygen atoms in total. The van der Waals surface area contributed by atoms with E-state index in [4.69, 9.17) is 13.9 Å². The van der Waals surface area contributed by atoms with Gasteiger partial charge in [0.25, 0.3) is 0 Å². The molecular weight excluding hydrogens is 574 g/mol. The van der Waals surface area contributed by atoms with Crippen molar-refractivity contribution in [1.82, 2.24) is 20.9 Å². The molecule has 43 heavy (non-hydrogen) atoms. The molecule has 12 heteroatoms. The average molecular weight is 608 g/mol. The molecule has 2 unspecified atom stereocenters. The summed E-state index contributed by atoms with van der Waals surface area (Å²) in [5, 5.41) is 12.7. The number of hydrogen-bond acceptors (Lipinski definition) is 9. The largest absolute Gasteiger partial charge is 0.469 e. The number of rotatable bonds is 4. The zero-order valence-corrected chi connectivity index (χ0v) is 24.9. The molecule has 4 aliphatic heterocycles. The van der Waals surface area contributed by atoms with Gasteiger partial charge in [-0.1, -0.05) is 44.2 Å². The maximum Gasteiger partial charge on any atom is 0.360 e. The summed E-state index contributed by atoms with van der Waals surface area (Å²) >= 11 is 0. The fraction of sp³-hybridized carbons (Fsp3) is 0.419. The van der Waals surface area contributed by atoms with Gasteiger partial charge in [0, 0.05) is 17.7 Å². The van der Waals surface area contributed by atoms with Crippen molar-refractivity contribution in [2.75, 3.05) is 19.0 Å². The normalized spacial score (nSPS) is 26.5. The van der Waals surface area contributed by atoms with Crippen LogP contribution in [0, 0.1) is 5.92 Å². The second-order valence-corrected chi connectivity index (χ2v) is 11.7.